The van der Waals surface area contributed by atoms with Gasteiger partial charge in [-0.2, -0.15) is 8.78 Å². The van der Waals surface area contributed by atoms with Gasteiger partial charge in [0.15, 0.2) is 11.5 Å². The Morgan fingerprint density at radius 3 is 2.60 bits per heavy atom. The van der Waals surface area contributed by atoms with E-state index in [0.717, 1.165) is 0 Å². The van der Waals surface area contributed by atoms with E-state index in [9.17, 15) is 13.6 Å². The fourth-order valence-electron chi connectivity index (χ4n) is 1.01. The SMILES string of the molecule is CC(=O)c1ccc(Cl)c(I)c1OC(F)F. The number of ketones is 1. The van der Waals surface area contributed by atoms with Gasteiger partial charge in [0.1, 0.15) is 0 Å². The molecule has 0 aliphatic heterocycles. The van der Waals surface area contributed by atoms with Gasteiger partial charge in [-0.15, -0.1) is 0 Å². The lowest BCUT2D eigenvalue weighted by atomic mass is 10.1. The molecular formula is C9H6ClF2IO2. The van der Waals surface area contributed by atoms with Crippen LogP contribution in [0.4, 0.5) is 8.78 Å². The number of hydrogen-bond acceptors (Lipinski definition) is 2. The van der Waals surface area contributed by atoms with E-state index in [-0.39, 0.29) is 22.1 Å². The van der Waals surface area contributed by atoms with Gasteiger partial charge in [-0.3, -0.25) is 4.79 Å². The highest BCUT2D eigenvalue weighted by Gasteiger charge is 2.18. The molecule has 2 nitrogen and oxygen atoms in total. The van der Waals surface area contributed by atoms with Crippen molar-refractivity contribution in [2.45, 2.75) is 13.5 Å². The molecule has 0 atom stereocenters. The third-order valence-electron chi connectivity index (χ3n) is 1.64. The third kappa shape index (κ3) is 3.01. The second-order valence-electron chi connectivity index (χ2n) is 2.67. The Morgan fingerprint density at radius 1 is 1.53 bits per heavy atom. The zero-order valence-electron chi connectivity index (χ0n) is 7.56. The fourth-order valence-corrected chi connectivity index (χ4v) is 1.76. The monoisotopic (exact) mass is 346 g/mol. The Hall–Kier alpha value is -0.430. The third-order valence-corrected chi connectivity index (χ3v) is 3.34. The van der Waals surface area contributed by atoms with Gasteiger partial charge in [0.05, 0.1) is 14.2 Å². The maximum atomic E-state index is 12.1. The first-order valence-corrected chi connectivity index (χ1v) is 5.33. The van der Waals surface area contributed by atoms with Crippen molar-refractivity contribution >= 4 is 40.0 Å². The molecule has 82 valence electrons. The lowest BCUT2D eigenvalue weighted by molar-refractivity contribution is -0.0507. The van der Waals surface area contributed by atoms with Crippen LogP contribution in [-0.2, 0) is 0 Å². The molecule has 0 amide bonds. The summed E-state index contributed by atoms with van der Waals surface area (Å²) < 4.78 is 28.8. The quantitative estimate of drug-likeness (QED) is 0.615. The standard InChI is InChI=1S/C9H6ClF2IO2/c1-4(14)5-2-3-6(10)7(13)8(5)15-9(11)12/h2-3,9H,1H3. The fraction of sp³-hybridized carbons (Fsp3) is 0.222. The van der Waals surface area contributed by atoms with Crippen LogP contribution in [0, 0.1) is 3.57 Å². The molecule has 0 radical (unpaired) electrons. The molecule has 1 aromatic carbocycles. The largest absolute Gasteiger partial charge is 0.433 e. The number of alkyl halides is 2. The Kier molecular flexibility index (Phi) is 4.27. The molecule has 0 aromatic heterocycles. The van der Waals surface area contributed by atoms with Gasteiger partial charge in [-0.1, -0.05) is 11.6 Å². The molecule has 0 bridgehead atoms. The number of carbonyl (C=O) groups is 1. The Bertz CT molecular complexity index is 396. The highest BCUT2D eigenvalue weighted by atomic mass is 127. The summed E-state index contributed by atoms with van der Waals surface area (Å²) in [6.07, 6.45) is 0. The summed E-state index contributed by atoms with van der Waals surface area (Å²) in [6, 6.07) is 2.84. The number of Topliss-reactive ketones (excluding diaryl/α,β-unsaturated/α-hetero) is 1. The smallest absolute Gasteiger partial charge is 0.387 e. The van der Waals surface area contributed by atoms with Gasteiger partial charge < -0.3 is 4.74 Å². The molecular weight excluding hydrogens is 340 g/mol. The maximum Gasteiger partial charge on any atom is 0.387 e. The highest BCUT2D eigenvalue weighted by Crippen LogP contribution is 2.33. The van der Waals surface area contributed by atoms with E-state index in [4.69, 9.17) is 11.6 Å². The van der Waals surface area contributed by atoms with Crippen molar-refractivity contribution in [1.29, 1.82) is 0 Å². The van der Waals surface area contributed by atoms with Gasteiger partial charge in [-0.25, -0.2) is 0 Å². The van der Waals surface area contributed by atoms with E-state index >= 15 is 0 Å². The molecule has 1 rings (SSSR count). The van der Waals surface area contributed by atoms with Gasteiger partial charge in [0.25, 0.3) is 0 Å². The minimum absolute atomic E-state index is 0.101. The van der Waals surface area contributed by atoms with E-state index in [1.165, 1.54) is 19.1 Å². The predicted octanol–water partition coefficient (Wildman–Crippen LogP) is 3.75. The number of ether oxygens (including phenoxy) is 1. The second kappa shape index (κ2) is 5.07. The molecule has 0 saturated carbocycles. The van der Waals surface area contributed by atoms with Gasteiger partial charge in [0.2, 0.25) is 0 Å². The Labute approximate surface area is 104 Å². The predicted molar refractivity (Wildman–Crippen MR) is 60.8 cm³/mol. The van der Waals surface area contributed by atoms with Crippen LogP contribution < -0.4 is 4.74 Å². The summed E-state index contributed by atoms with van der Waals surface area (Å²) in [4.78, 5) is 11.1. The lowest BCUT2D eigenvalue weighted by Crippen LogP contribution is -2.08. The number of hydrogen-bond donors (Lipinski definition) is 0. The van der Waals surface area contributed by atoms with E-state index < -0.39 is 6.61 Å². The highest BCUT2D eigenvalue weighted by molar-refractivity contribution is 14.1. The molecule has 0 N–H and O–H groups in total. The van der Waals surface area contributed by atoms with Crippen molar-refractivity contribution in [2.24, 2.45) is 0 Å². The number of carbonyl (C=O) groups excluding carboxylic acids is 1. The molecule has 0 aliphatic rings. The molecule has 0 unspecified atom stereocenters. The van der Waals surface area contributed by atoms with Crippen LogP contribution in [0.25, 0.3) is 0 Å². The normalized spacial score (nSPS) is 10.5. The van der Waals surface area contributed by atoms with Crippen molar-refractivity contribution < 1.29 is 18.3 Å². The summed E-state index contributed by atoms with van der Waals surface area (Å²) in [5, 5.41) is 0.274. The number of halogens is 4. The number of rotatable bonds is 3. The van der Waals surface area contributed by atoms with E-state index in [1.54, 1.807) is 22.6 Å². The summed E-state index contributed by atoms with van der Waals surface area (Å²) in [6.45, 7) is -1.70. The summed E-state index contributed by atoms with van der Waals surface area (Å²) in [5.74, 6) is -0.508. The lowest BCUT2D eigenvalue weighted by Gasteiger charge is -2.11. The summed E-state index contributed by atoms with van der Waals surface area (Å²) in [7, 11) is 0. The number of benzene rings is 1. The molecule has 1 aromatic rings. The first kappa shape index (κ1) is 12.6. The molecule has 0 fully saturated rings. The van der Waals surface area contributed by atoms with Crippen molar-refractivity contribution in [3.05, 3.63) is 26.3 Å². The first-order valence-electron chi connectivity index (χ1n) is 3.87. The van der Waals surface area contributed by atoms with Crippen LogP contribution >= 0.6 is 34.2 Å². The van der Waals surface area contributed by atoms with Gasteiger partial charge >= 0.3 is 6.61 Å². The molecule has 15 heavy (non-hydrogen) atoms. The van der Waals surface area contributed by atoms with Crippen molar-refractivity contribution in [3.8, 4) is 5.75 Å². The zero-order valence-corrected chi connectivity index (χ0v) is 10.5. The second-order valence-corrected chi connectivity index (χ2v) is 4.16. The topological polar surface area (TPSA) is 26.3 Å². The minimum atomic E-state index is -2.98. The van der Waals surface area contributed by atoms with Crippen LogP contribution in [-0.4, -0.2) is 12.4 Å². The van der Waals surface area contributed by atoms with Crippen molar-refractivity contribution in [1.82, 2.24) is 0 Å². The summed E-state index contributed by atoms with van der Waals surface area (Å²) in [5.41, 5.74) is 0.101. The van der Waals surface area contributed by atoms with E-state index in [2.05, 4.69) is 4.74 Å². The molecule has 0 spiro atoms. The van der Waals surface area contributed by atoms with Crippen LogP contribution in [0.1, 0.15) is 17.3 Å². The molecule has 0 aliphatic carbocycles. The molecule has 0 saturated heterocycles. The van der Waals surface area contributed by atoms with Crippen LogP contribution in [0.5, 0.6) is 5.75 Å². The van der Waals surface area contributed by atoms with Crippen LogP contribution in [0.2, 0.25) is 5.02 Å². The molecule has 0 heterocycles. The van der Waals surface area contributed by atoms with E-state index in [0.29, 0.717) is 3.57 Å². The van der Waals surface area contributed by atoms with Crippen molar-refractivity contribution in [3.63, 3.8) is 0 Å². The first-order chi connectivity index (χ1) is 6.93. The Morgan fingerprint density at radius 2 is 2.13 bits per heavy atom. The Balaban J connectivity index is 3.28. The average Bonchev–Trinajstić information content (AvgIpc) is 2.12. The minimum Gasteiger partial charge on any atom is -0.433 e. The van der Waals surface area contributed by atoms with Crippen molar-refractivity contribution in [2.75, 3.05) is 0 Å². The average molecular weight is 346 g/mol. The van der Waals surface area contributed by atoms with Gasteiger partial charge in [0, 0.05) is 0 Å². The maximum absolute atomic E-state index is 12.1. The summed E-state index contributed by atoms with van der Waals surface area (Å²) >= 11 is 7.48. The van der Waals surface area contributed by atoms with Crippen LogP contribution in [0.3, 0.4) is 0 Å². The van der Waals surface area contributed by atoms with Crippen LogP contribution in [0.15, 0.2) is 12.1 Å². The zero-order chi connectivity index (χ0) is 11.6. The van der Waals surface area contributed by atoms with Gasteiger partial charge in [-0.05, 0) is 41.6 Å². The van der Waals surface area contributed by atoms with E-state index in [1.807, 2.05) is 0 Å². The molecule has 6 heteroatoms.